The molecule has 1 atom stereocenters. The molecule has 2 aromatic carbocycles. The molecule has 1 unspecified atom stereocenters. The van der Waals surface area contributed by atoms with Crippen LogP contribution in [0.2, 0.25) is 0 Å². The van der Waals surface area contributed by atoms with E-state index in [1.165, 1.54) is 23.5 Å². The van der Waals surface area contributed by atoms with Crippen molar-refractivity contribution >= 4 is 50.2 Å². The first-order valence-electron chi connectivity index (χ1n) is 12.4. The maximum atomic E-state index is 15.2. The van der Waals surface area contributed by atoms with Gasteiger partial charge < -0.3 is 15.5 Å². The zero-order chi connectivity index (χ0) is 26.9. The Morgan fingerprint density at radius 1 is 1.21 bits per heavy atom. The Bertz CT molecular complexity index is 1730. The maximum absolute atomic E-state index is 15.2. The first-order valence-corrected chi connectivity index (χ1v) is 13.3. The number of carbonyl (C=O) groups excluding carboxylic acids is 2. The Morgan fingerprint density at radius 2 is 2.10 bits per heavy atom. The van der Waals surface area contributed by atoms with Crippen LogP contribution in [-0.2, 0) is 11.3 Å². The van der Waals surface area contributed by atoms with Crippen LogP contribution < -0.4 is 10.6 Å². The molecule has 3 aromatic heterocycles. The summed E-state index contributed by atoms with van der Waals surface area (Å²) in [7, 11) is 0. The van der Waals surface area contributed by atoms with Gasteiger partial charge in [-0.05, 0) is 54.0 Å². The van der Waals surface area contributed by atoms with E-state index in [0.717, 1.165) is 27.6 Å². The van der Waals surface area contributed by atoms with Crippen molar-refractivity contribution in [2.45, 2.75) is 19.0 Å². The van der Waals surface area contributed by atoms with Gasteiger partial charge >= 0.3 is 0 Å². The number of amides is 2. The smallest absolute Gasteiger partial charge is 0.251 e. The van der Waals surface area contributed by atoms with E-state index in [0.29, 0.717) is 41.2 Å². The molecule has 1 fully saturated rings. The van der Waals surface area contributed by atoms with Gasteiger partial charge in [0.05, 0.1) is 21.1 Å². The molecule has 11 heteroatoms. The third kappa shape index (κ3) is 4.84. The molecule has 4 heterocycles. The topological polar surface area (TPSA) is 116 Å². The van der Waals surface area contributed by atoms with Crippen molar-refractivity contribution < 1.29 is 14.0 Å². The summed E-state index contributed by atoms with van der Waals surface area (Å²) in [5, 5.41) is 14.3. The number of aromatic amines is 1. The SMILES string of the molecule is C=CC(=O)N1CCC(Nc2n[nH]c3nccc(-c4ccc(CNC(=O)c5ccc6scnc6c5)c(F)c4)c23)C1. The molecule has 0 bridgehead atoms. The normalized spacial score (nSPS) is 15.1. The zero-order valence-corrected chi connectivity index (χ0v) is 21.6. The van der Waals surface area contributed by atoms with Crippen LogP contribution in [0.5, 0.6) is 0 Å². The second kappa shape index (κ2) is 10.3. The lowest BCUT2D eigenvalue weighted by atomic mass is 10.0. The molecule has 2 amide bonds. The molecule has 0 radical (unpaired) electrons. The molecule has 0 saturated carbocycles. The number of fused-ring (bicyclic) bond motifs is 2. The summed E-state index contributed by atoms with van der Waals surface area (Å²) >= 11 is 1.51. The number of thiazole rings is 1. The summed E-state index contributed by atoms with van der Waals surface area (Å²) in [6, 6.07) is 12.1. The number of anilines is 1. The fraction of sp³-hybridized carbons (Fsp3) is 0.179. The fourth-order valence-electron chi connectivity index (χ4n) is 4.83. The van der Waals surface area contributed by atoms with E-state index in [-0.39, 0.29) is 24.4 Å². The highest BCUT2D eigenvalue weighted by molar-refractivity contribution is 7.16. The van der Waals surface area contributed by atoms with Gasteiger partial charge in [0.25, 0.3) is 5.91 Å². The summed E-state index contributed by atoms with van der Waals surface area (Å²) < 4.78 is 16.2. The summed E-state index contributed by atoms with van der Waals surface area (Å²) in [4.78, 5) is 35.0. The number of aromatic nitrogens is 4. The van der Waals surface area contributed by atoms with Crippen LogP contribution >= 0.6 is 11.3 Å². The van der Waals surface area contributed by atoms with Crippen molar-refractivity contribution in [1.82, 2.24) is 30.4 Å². The number of halogens is 1. The molecule has 0 spiro atoms. The number of nitrogens with one attached hydrogen (secondary N) is 3. The summed E-state index contributed by atoms with van der Waals surface area (Å²) in [5.41, 5.74) is 5.33. The number of hydrogen-bond acceptors (Lipinski definition) is 7. The first kappa shape index (κ1) is 24.7. The maximum Gasteiger partial charge on any atom is 0.251 e. The van der Waals surface area contributed by atoms with Crippen LogP contribution in [0, 0.1) is 5.82 Å². The molecular formula is C28H24FN7O2S. The van der Waals surface area contributed by atoms with E-state index in [2.05, 4.69) is 37.4 Å². The van der Waals surface area contributed by atoms with E-state index in [4.69, 9.17) is 0 Å². The molecule has 9 nitrogen and oxygen atoms in total. The molecule has 1 saturated heterocycles. The lowest BCUT2D eigenvalue weighted by Gasteiger charge is -2.15. The minimum absolute atomic E-state index is 0.0207. The Balaban J connectivity index is 1.20. The fourth-order valence-corrected chi connectivity index (χ4v) is 5.49. The summed E-state index contributed by atoms with van der Waals surface area (Å²) in [6.07, 6.45) is 3.74. The number of pyridine rings is 1. The summed E-state index contributed by atoms with van der Waals surface area (Å²) in [6.45, 7) is 4.79. The molecular weight excluding hydrogens is 517 g/mol. The van der Waals surface area contributed by atoms with Crippen molar-refractivity contribution in [3.05, 3.63) is 83.8 Å². The zero-order valence-electron chi connectivity index (χ0n) is 20.8. The molecule has 1 aliphatic heterocycles. The Labute approximate surface area is 226 Å². The minimum Gasteiger partial charge on any atom is -0.363 e. The minimum atomic E-state index is -0.430. The van der Waals surface area contributed by atoms with Gasteiger partial charge in [-0.25, -0.2) is 14.4 Å². The van der Waals surface area contributed by atoms with Gasteiger partial charge in [0.2, 0.25) is 5.91 Å². The molecule has 196 valence electrons. The van der Waals surface area contributed by atoms with Crippen LogP contribution in [-0.4, -0.2) is 56.0 Å². The number of rotatable bonds is 7. The average Bonchev–Trinajstić information content (AvgIpc) is 3.71. The number of likely N-dealkylation sites (tertiary alicyclic amines) is 1. The highest BCUT2D eigenvalue weighted by atomic mass is 32.1. The van der Waals surface area contributed by atoms with Gasteiger partial charge in [-0.1, -0.05) is 18.7 Å². The Kier molecular flexibility index (Phi) is 6.49. The van der Waals surface area contributed by atoms with Crippen LogP contribution in [0.4, 0.5) is 10.2 Å². The molecule has 6 rings (SSSR count). The predicted octanol–water partition coefficient (Wildman–Crippen LogP) is 4.50. The molecule has 5 aromatic rings. The number of nitrogens with zero attached hydrogens (tertiary/aromatic N) is 4. The molecule has 39 heavy (non-hydrogen) atoms. The van der Waals surface area contributed by atoms with Gasteiger partial charge in [0, 0.05) is 43.0 Å². The average molecular weight is 542 g/mol. The van der Waals surface area contributed by atoms with E-state index in [1.54, 1.807) is 34.8 Å². The lowest BCUT2D eigenvalue weighted by molar-refractivity contribution is -0.125. The largest absolute Gasteiger partial charge is 0.363 e. The number of benzene rings is 2. The number of H-pyrrole nitrogens is 1. The molecule has 0 aliphatic carbocycles. The van der Waals surface area contributed by atoms with E-state index in [1.807, 2.05) is 18.2 Å². The lowest BCUT2D eigenvalue weighted by Crippen LogP contribution is -2.30. The van der Waals surface area contributed by atoms with Crippen molar-refractivity contribution in [3.63, 3.8) is 0 Å². The Morgan fingerprint density at radius 3 is 2.95 bits per heavy atom. The Hall–Kier alpha value is -4.64. The van der Waals surface area contributed by atoms with Crippen molar-refractivity contribution in [2.75, 3.05) is 18.4 Å². The van der Waals surface area contributed by atoms with E-state index < -0.39 is 5.82 Å². The third-order valence-corrected chi connectivity index (χ3v) is 7.68. The highest BCUT2D eigenvalue weighted by Gasteiger charge is 2.26. The quantitative estimate of drug-likeness (QED) is 0.261. The van der Waals surface area contributed by atoms with Gasteiger partial charge in [-0.15, -0.1) is 11.3 Å². The van der Waals surface area contributed by atoms with E-state index >= 15 is 4.39 Å². The van der Waals surface area contributed by atoms with Crippen LogP contribution in [0.3, 0.4) is 0 Å². The van der Waals surface area contributed by atoms with Gasteiger partial charge in [-0.3, -0.25) is 14.7 Å². The van der Waals surface area contributed by atoms with Crippen LogP contribution in [0.1, 0.15) is 22.3 Å². The standard InChI is InChI=1S/C28H24FN7O2S/c1-2-24(37)36-10-8-19(14-36)33-27-25-20(7-9-30-26(25)34-35-27)16-3-4-18(21(29)11-16)13-31-28(38)17-5-6-23-22(12-17)32-15-39-23/h2-7,9,11-12,15,19H,1,8,10,13-14H2,(H,31,38)(H2,30,33,34,35). The monoisotopic (exact) mass is 541 g/mol. The summed E-state index contributed by atoms with van der Waals surface area (Å²) in [5.74, 6) is -0.223. The van der Waals surface area contributed by atoms with Crippen LogP contribution in [0.25, 0.3) is 32.4 Å². The molecule has 3 N–H and O–H groups in total. The van der Waals surface area contributed by atoms with Crippen molar-refractivity contribution in [1.29, 1.82) is 0 Å². The predicted molar refractivity (Wildman–Crippen MR) is 149 cm³/mol. The van der Waals surface area contributed by atoms with Crippen molar-refractivity contribution in [3.8, 4) is 11.1 Å². The molecule has 1 aliphatic rings. The van der Waals surface area contributed by atoms with Gasteiger partial charge in [0.1, 0.15) is 5.82 Å². The van der Waals surface area contributed by atoms with Gasteiger partial charge in [-0.2, -0.15) is 5.10 Å². The number of hydrogen-bond donors (Lipinski definition) is 3. The van der Waals surface area contributed by atoms with Gasteiger partial charge in [0.15, 0.2) is 11.5 Å². The second-order valence-corrected chi connectivity index (χ2v) is 10.2. The number of carbonyl (C=O) groups is 2. The second-order valence-electron chi connectivity index (χ2n) is 9.30. The third-order valence-electron chi connectivity index (χ3n) is 6.87. The highest BCUT2D eigenvalue weighted by Crippen LogP contribution is 2.33. The first-order chi connectivity index (χ1) is 19.0. The van der Waals surface area contributed by atoms with Crippen LogP contribution in [0.15, 0.2) is 66.8 Å². The van der Waals surface area contributed by atoms with E-state index in [9.17, 15) is 9.59 Å². The van der Waals surface area contributed by atoms with Crippen molar-refractivity contribution in [2.24, 2.45) is 0 Å².